The molecule has 1 heterocycles. The van der Waals surface area contributed by atoms with Gasteiger partial charge in [0.05, 0.1) is 11.0 Å². The van der Waals surface area contributed by atoms with Crippen molar-refractivity contribution in [1.82, 2.24) is 15.3 Å². The Bertz CT molecular complexity index is 681. The number of ether oxygens (including phenoxy) is 2. The number of hydrogen-bond acceptors (Lipinski definition) is 5. The second-order valence-corrected chi connectivity index (χ2v) is 5.99. The second kappa shape index (κ2) is 9.44. The molecule has 1 aromatic heterocycles. The van der Waals surface area contributed by atoms with Crippen molar-refractivity contribution >= 4 is 16.9 Å². The van der Waals surface area contributed by atoms with Crippen LogP contribution in [0.2, 0.25) is 0 Å². The molecule has 0 fully saturated rings. The Kier molecular flexibility index (Phi) is 7.28. The number of fused-ring (bicyclic) bond motifs is 1. The number of nitrogens with one attached hydrogen (secondary N) is 1. The van der Waals surface area contributed by atoms with E-state index in [0.29, 0.717) is 19.8 Å². The van der Waals surface area contributed by atoms with Gasteiger partial charge in [-0.3, -0.25) is 14.8 Å². The van der Waals surface area contributed by atoms with Crippen LogP contribution in [-0.4, -0.2) is 35.4 Å². The first-order valence-corrected chi connectivity index (χ1v) is 8.78. The normalized spacial score (nSPS) is 13.8. The molecule has 0 aliphatic carbocycles. The van der Waals surface area contributed by atoms with Gasteiger partial charge in [-0.25, -0.2) is 0 Å². The van der Waals surface area contributed by atoms with Crippen LogP contribution < -0.4 is 5.32 Å². The third-order valence-corrected chi connectivity index (χ3v) is 4.33. The van der Waals surface area contributed by atoms with E-state index in [2.05, 4.69) is 15.3 Å². The number of amides is 1. The van der Waals surface area contributed by atoms with Crippen LogP contribution in [0, 0.1) is 11.8 Å². The lowest BCUT2D eigenvalue weighted by Crippen LogP contribution is -2.38. The maximum Gasteiger partial charge on any atom is 0.223 e. The van der Waals surface area contributed by atoms with E-state index < -0.39 is 0 Å². The van der Waals surface area contributed by atoms with Crippen LogP contribution in [-0.2, 0) is 20.8 Å². The highest BCUT2D eigenvalue weighted by molar-refractivity contribution is 5.80. The first-order chi connectivity index (χ1) is 12.1. The predicted molar refractivity (Wildman–Crippen MR) is 96.8 cm³/mol. The Morgan fingerprint density at radius 1 is 1.12 bits per heavy atom. The number of hydrogen-bond donors (Lipinski definition) is 1. The van der Waals surface area contributed by atoms with E-state index in [1.54, 1.807) is 12.4 Å². The topological polar surface area (TPSA) is 73.3 Å². The summed E-state index contributed by atoms with van der Waals surface area (Å²) in [5.74, 6) is -0.311. The summed E-state index contributed by atoms with van der Waals surface area (Å²) in [5, 5.41) is 2.99. The van der Waals surface area contributed by atoms with Crippen molar-refractivity contribution in [3.63, 3.8) is 0 Å². The molecule has 0 aliphatic rings. The van der Waals surface area contributed by atoms with Gasteiger partial charge in [-0.15, -0.1) is 0 Å². The summed E-state index contributed by atoms with van der Waals surface area (Å²) in [4.78, 5) is 21.2. The fourth-order valence-corrected chi connectivity index (χ4v) is 2.69. The van der Waals surface area contributed by atoms with Gasteiger partial charge in [-0.05, 0) is 25.5 Å². The van der Waals surface area contributed by atoms with Crippen LogP contribution in [0.1, 0.15) is 33.3 Å². The van der Waals surface area contributed by atoms with E-state index in [-0.39, 0.29) is 24.0 Å². The number of nitrogens with zero attached hydrogens (tertiary/aromatic N) is 2. The van der Waals surface area contributed by atoms with Crippen LogP contribution in [0.25, 0.3) is 11.0 Å². The molecule has 6 heteroatoms. The number of carbonyl (C=O) groups is 1. The largest absolute Gasteiger partial charge is 0.353 e. The van der Waals surface area contributed by atoms with Crippen molar-refractivity contribution in [2.75, 3.05) is 13.2 Å². The summed E-state index contributed by atoms with van der Waals surface area (Å²) in [6.07, 6.45) is 2.95. The Morgan fingerprint density at radius 3 is 2.48 bits per heavy atom. The number of benzene rings is 1. The van der Waals surface area contributed by atoms with Crippen molar-refractivity contribution in [2.45, 2.75) is 40.5 Å². The van der Waals surface area contributed by atoms with Gasteiger partial charge >= 0.3 is 0 Å². The van der Waals surface area contributed by atoms with Crippen molar-refractivity contribution in [3.05, 3.63) is 36.2 Å². The number of aromatic nitrogens is 2. The standard InChI is InChI=1S/C19H27N3O3/c1-5-24-19(25-6-2)14(4)13(3)18(23)22-12-15-8-7-9-16-17(15)21-11-10-20-16/h7-11,13-14,19H,5-6,12H2,1-4H3,(H,22,23)/t13?,14-/m0/s1. The minimum Gasteiger partial charge on any atom is -0.353 e. The van der Waals surface area contributed by atoms with E-state index >= 15 is 0 Å². The van der Waals surface area contributed by atoms with Gasteiger partial charge in [0.2, 0.25) is 5.91 Å². The van der Waals surface area contributed by atoms with Gasteiger partial charge in [-0.2, -0.15) is 0 Å². The fraction of sp³-hybridized carbons (Fsp3) is 0.526. The quantitative estimate of drug-likeness (QED) is 0.708. The molecule has 0 saturated heterocycles. The molecule has 0 bridgehead atoms. The highest BCUT2D eigenvalue weighted by Gasteiger charge is 2.28. The average molecular weight is 345 g/mol. The van der Waals surface area contributed by atoms with Crippen molar-refractivity contribution in [2.24, 2.45) is 11.8 Å². The van der Waals surface area contributed by atoms with Gasteiger partial charge in [0, 0.05) is 44.0 Å². The molecular formula is C19H27N3O3. The Balaban J connectivity index is 2.00. The van der Waals surface area contributed by atoms with E-state index in [1.165, 1.54) is 0 Å². The van der Waals surface area contributed by atoms with Crippen molar-refractivity contribution < 1.29 is 14.3 Å². The van der Waals surface area contributed by atoms with Crippen molar-refractivity contribution in [3.8, 4) is 0 Å². The number of para-hydroxylation sites is 1. The summed E-state index contributed by atoms with van der Waals surface area (Å²) in [6.45, 7) is 9.24. The van der Waals surface area contributed by atoms with Crippen LogP contribution in [0.4, 0.5) is 0 Å². The molecule has 1 aromatic carbocycles. The minimum atomic E-state index is -0.376. The first-order valence-electron chi connectivity index (χ1n) is 8.78. The van der Waals surface area contributed by atoms with Crippen LogP contribution in [0.15, 0.2) is 30.6 Å². The molecule has 1 N–H and O–H groups in total. The molecule has 0 aliphatic heterocycles. The minimum absolute atomic E-state index is 0.0298. The predicted octanol–water partition coefficient (Wildman–Crippen LogP) is 2.92. The molecule has 1 unspecified atom stereocenters. The molecule has 2 rings (SSSR count). The zero-order valence-electron chi connectivity index (χ0n) is 15.4. The first kappa shape index (κ1) is 19.3. The van der Waals surface area contributed by atoms with Crippen LogP contribution in [0.3, 0.4) is 0 Å². The third kappa shape index (κ3) is 4.96. The summed E-state index contributed by atoms with van der Waals surface area (Å²) < 4.78 is 11.2. The molecule has 2 atom stereocenters. The molecule has 6 nitrogen and oxygen atoms in total. The maximum absolute atomic E-state index is 12.5. The zero-order valence-corrected chi connectivity index (χ0v) is 15.4. The molecule has 0 spiro atoms. The van der Waals surface area contributed by atoms with E-state index in [9.17, 15) is 4.79 Å². The lowest BCUT2D eigenvalue weighted by molar-refractivity contribution is -0.175. The highest BCUT2D eigenvalue weighted by atomic mass is 16.7. The van der Waals surface area contributed by atoms with Gasteiger partial charge in [-0.1, -0.05) is 26.0 Å². The van der Waals surface area contributed by atoms with Crippen molar-refractivity contribution in [1.29, 1.82) is 0 Å². The van der Waals surface area contributed by atoms with Gasteiger partial charge in [0.1, 0.15) is 0 Å². The van der Waals surface area contributed by atoms with Gasteiger partial charge < -0.3 is 14.8 Å². The summed E-state index contributed by atoms with van der Waals surface area (Å²) >= 11 is 0. The molecular weight excluding hydrogens is 318 g/mol. The highest BCUT2D eigenvalue weighted by Crippen LogP contribution is 2.20. The maximum atomic E-state index is 12.5. The smallest absolute Gasteiger partial charge is 0.223 e. The van der Waals surface area contributed by atoms with E-state index in [1.807, 2.05) is 45.9 Å². The lowest BCUT2D eigenvalue weighted by atomic mass is 9.94. The molecule has 1 amide bonds. The SMILES string of the molecule is CCOC(OCC)[C@@H](C)C(C)C(=O)NCc1cccc2nccnc12. The molecule has 2 aromatic rings. The number of carbonyl (C=O) groups excluding carboxylic acids is 1. The van der Waals surface area contributed by atoms with Crippen LogP contribution in [0.5, 0.6) is 0 Å². The number of rotatable bonds is 9. The van der Waals surface area contributed by atoms with E-state index in [0.717, 1.165) is 16.6 Å². The Hall–Kier alpha value is -2.05. The molecule has 136 valence electrons. The zero-order chi connectivity index (χ0) is 18.2. The van der Waals surface area contributed by atoms with Gasteiger partial charge in [0.25, 0.3) is 0 Å². The molecule has 0 saturated carbocycles. The Labute approximate surface area is 149 Å². The Morgan fingerprint density at radius 2 is 1.80 bits per heavy atom. The summed E-state index contributed by atoms with van der Waals surface area (Å²) in [6, 6.07) is 5.78. The van der Waals surface area contributed by atoms with E-state index in [4.69, 9.17) is 9.47 Å². The fourth-order valence-electron chi connectivity index (χ4n) is 2.69. The molecule has 25 heavy (non-hydrogen) atoms. The summed E-state index contributed by atoms with van der Waals surface area (Å²) in [5.41, 5.74) is 2.58. The van der Waals surface area contributed by atoms with Gasteiger partial charge in [0.15, 0.2) is 6.29 Å². The monoisotopic (exact) mass is 345 g/mol. The lowest BCUT2D eigenvalue weighted by Gasteiger charge is -2.27. The third-order valence-electron chi connectivity index (χ3n) is 4.33. The average Bonchev–Trinajstić information content (AvgIpc) is 2.64. The second-order valence-electron chi connectivity index (χ2n) is 5.99. The van der Waals surface area contributed by atoms with Crippen LogP contribution >= 0.6 is 0 Å². The molecule has 0 radical (unpaired) electrons. The summed E-state index contributed by atoms with van der Waals surface area (Å²) in [7, 11) is 0.